The summed E-state index contributed by atoms with van der Waals surface area (Å²) >= 11 is 0. The van der Waals surface area contributed by atoms with Crippen LogP contribution in [0.1, 0.15) is 27.0 Å². The van der Waals surface area contributed by atoms with Crippen LogP contribution in [0.25, 0.3) is 6.08 Å². The lowest BCUT2D eigenvalue weighted by atomic mass is 10.1. The van der Waals surface area contributed by atoms with E-state index in [1.165, 1.54) is 0 Å². The van der Waals surface area contributed by atoms with Crippen LogP contribution in [-0.4, -0.2) is 34.2 Å². The summed E-state index contributed by atoms with van der Waals surface area (Å²) in [4.78, 5) is 13.0. The van der Waals surface area contributed by atoms with Gasteiger partial charge in [0.1, 0.15) is 29.6 Å². The summed E-state index contributed by atoms with van der Waals surface area (Å²) in [5.74, 6) is 3.43. The molecule has 1 heterocycles. The molecule has 3 aromatic rings. The highest BCUT2D eigenvalue weighted by atomic mass is 16.5. The number of carbonyl (C=O) groups is 1. The van der Waals surface area contributed by atoms with Crippen LogP contribution in [0.3, 0.4) is 0 Å². The van der Waals surface area contributed by atoms with E-state index in [1.807, 2.05) is 31.2 Å². The maximum atomic E-state index is 13.0. The predicted octanol–water partition coefficient (Wildman–Crippen LogP) is 5.22. The Morgan fingerprint density at radius 3 is 2.26 bits per heavy atom. The predicted molar refractivity (Wildman–Crippen MR) is 128 cm³/mol. The Bertz CT molecular complexity index is 1260. The van der Waals surface area contributed by atoms with Gasteiger partial charge in [-0.3, -0.25) is 4.79 Å². The van der Waals surface area contributed by atoms with Gasteiger partial charge in [0, 0.05) is 17.2 Å². The first-order valence-corrected chi connectivity index (χ1v) is 10.6. The molecule has 0 N–H and O–H groups in total. The zero-order valence-electron chi connectivity index (χ0n) is 19.8. The summed E-state index contributed by atoms with van der Waals surface area (Å²) in [5, 5.41) is 0. The van der Waals surface area contributed by atoms with Crippen molar-refractivity contribution < 1.29 is 33.2 Å². The molecule has 1 aliphatic rings. The fourth-order valence-electron chi connectivity index (χ4n) is 3.75. The van der Waals surface area contributed by atoms with Crippen molar-refractivity contribution in [3.63, 3.8) is 0 Å². The molecule has 1 aliphatic heterocycles. The van der Waals surface area contributed by atoms with Gasteiger partial charge in [0.25, 0.3) is 0 Å². The van der Waals surface area contributed by atoms with E-state index in [0.29, 0.717) is 46.5 Å². The molecule has 0 fully saturated rings. The molecule has 0 atom stereocenters. The average Bonchev–Trinajstić information content (AvgIpc) is 3.19. The second kappa shape index (κ2) is 9.79. The average molecular weight is 462 g/mol. The van der Waals surface area contributed by atoms with E-state index in [4.69, 9.17) is 28.4 Å². The molecular weight excluding hydrogens is 436 g/mol. The van der Waals surface area contributed by atoms with Gasteiger partial charge < -0.3 is 28.4 Å². The van der Waals surface area contributed by atoms with Crippen LogP contribution in [0, 0.1) is 6.92 Å². The summed E-state index contributed by atoms with van der Waals surface area (Å²) in [5.41, 5.74) is 2.83. The second-order valence-electron chi connectivity index (χ2n) is 7.59. The van der Waals surface area contributed by atoms with E-state index in [-0.39, 0.29) is 11.5 Å². The second-order valence-corrected chi connectivity index (χ2v) is 7.59. The van der Waals surface area contributed by atoms with Crippen LogP contribution in [0.2, 0.25) is 0 Å². The van der Waals surface area contributed by atoms with E-state index in [2.05, 4.69) is 0 Å². The third-order valence-electron chi connectivity index (χ3n) is 5.59. The number of rotatable bonds is 8. The third kappa shape index (κ3) is 4.37. The fourth-order valence-corrected chi connectivity index (χ4v) is 3.75. The topological polar surface area (TPSA) is 72.5 Å². The van der Waals surface area contributed by atoms with Crippen LogP contribution in [0.4, 0.5) is 0 Å². The molecule has 0 unspecified atom stereocenters. The maximum Gasteiger partial charge on any atom is 0.231 e. The number of hydrogen-bond acceptors (Lipinski definition) is 7. The lowest BCUT2D eigenvalue weighted by Crippen LogP contribution is -2.00. The molecular formula is C27H26O7. The van der Waals surface area contributed by atoms with Crippen LogP contribution < -0.4 is 28.4 Å². The van der Waals surface area contributed by atoms with Gasteiger partial charge in [-0.05, 0) is 48.9 Å². The number of Topliss-reactive ketones (excluding diaryl/α,β-unsaturated/α-hetero) is 1. The number of benzene rings is 3. The minimum Gasteiger partial charge on any atom is -0.497 e. The van der Waals surface area contributed by atoms with Crippen LogP contribution in [0.15, 0.2) is 54.3 Å². The first kappa shape index (κ1) is 23.0. The number of carbonyl (C=O) groups excluding carboxylic acids is 1. The maximum absolute atomic E-state index is 13.0. The largest absolute Gasteiger partial charge is 0.497 e. The van der Waals surface area contributed by atoms with Gasteiger partial charge in [0.05, 0.1) is 34.0 Å². The van der Waals surface area contributed by atoms with E-state index in [0.717, 1.165) is 16.9 Å². The molecule has 7 nitrogen and oxygen atoms in total. The van der Waals surface area contributed by atoms with E-state index < -0.39 is 0 Å². The fraction of sp³-hybridized carbons (Fsp3) is 0.222. The molecule has 7 heteroatoms. The number of ether oxygens (including phenoxy) is 6. The van der Waals surface area contributed by atoms with Crippen molar-refractivity contribution in [3.05, 3.63) is 76.5 Å². The Kier molecular flexibility index (Phi) is 6.63. The number of hydrogen-bond donors (Lipinski definition) is 0. The molecule has 0 aromatic heterocycles. The van der Waals surface area contributed by atoms with Crippen molar-refractivity contribution in [2.45, 2.75) is 13.5 Å². The van der Waals surface area contributed by atoms with Gasteiger partial charge in [0.2, 0.25) is 5.78 Å². The molecule has 3 aromatic carbocycles. The third-order valence-corrected chi connectivity index (χ3v) is 5.59. The minimum atomic E-state index is -0.214. The van der Waals surface area contributed by atoms with Crippen molar-refractivity contribution in [2.75, 3.05) is 28.4 Å². The lowest BCUT2D eigenvalue weighted by molar-refractivity contribution is 0.101. The zero-order chi connectivity index (χ0) is 24.2. The Balaban J connectivity index is 1.61. The zero-order valence-corrected chi connectivity index (χ0v) is 19.8. The quantitative estimate of drug-likeness (QED) is 0.425. The summed E-state index contributed by atoms with van der Waals surface area (Å²) in [6.45, 7) is 2.23. The number of fused-ring (bicyclic) bond motifs is 1. The highest BCUT2D eigenvalue weighted by Crippen LogP contribution is 2.41. The lowest BCUT2D eigenvalue weighted by Gasteiger charge is -2.13. The normalized spacial score (nSPS) is 13.3. The van der Waals surface area contributed by atoms with Crippen LogP contribution in [-0.2, 0) is 6.61 Å². The van der Waals surface area contributed by atoms with Gasteiger partial charge >= 0.3 is 0 Å². The Morgan fingerprint density at radius 2 is 1.56 bits per heavy atom. The van der Waals surface area contributed by atoms with E-state index >= 15 is 0 Å². The summed E-state index contributed by atoms with van der Waals surface area (Å²) in [7, 11) is 6.27. The van der Waals surface area contributed by atoms with E-state index in [9.17, 15) is 4.79 Å². The van der Waals surface area contributed by atoms with Gasteiger partial charge in [-0.1, -0.05) is 12.1 Å². The molecule has 0 spiro atoms. The SMILES string of the molecule is COc1cccc(COc2ccc3c(c2C)O/C(=C\c2cc(OC)c(OC)cc2OC)C3=O)c1. The van der Waals surface area contributed by atoms with Crippen LogP contribution >= 0.6 is 0 Å². The molecule has 0 amide bonds. The molecule has 176 valence electrons. The standard InChI is InChI=1S/C27H26O7/c1-16-21(33-15-17-7-6-8-19(11-17)29-2)10-9-20-26(28)25(34-27(16)20)13-18-12-23(31-4)24(32-5)14-22(18)30-3/h6-14H,15H2,1-5H3/b25-13-. The minimum absolute atomic E-state index is 0.188. The summed E-state index contributed by atoms with van der Waals surface area (Å²) < 4.78 is 33.5. The van der Waals surface area contributed by atoms with Gasteiger partial charge in [0.15, 0.2) is 17.3 Å². The summed E-state index contributed by atoms with van der Waals surface area (Å²) in [6.07, 6.45) is 1.64. The Labute approximate surface area is 198 Å². The molecule has 0 saturated heterocycles. The molecule has 0 saturated carbocycles. The molecule has 0 aliphatic carbocycles. The first-order valence-electron chi connectivity index (χ1n) is 10.6. The number of methoxy groups -OCH3 is 4. The van der Waals surface area contributed by atoms with Gasteiger partial charge in [-0.15, -0.1) is 0 Å². The van der Waals surface area contributed by atoms with E-state index in [1.54, 1.807) is 58.8 Å². The first-order chi connectivity index (χ1) is 16.5. The smallest absolute Gasteiger partial charge is 0.231 e. The van der Waals surface area contributed by atoms with Gasteiger partial charge in [-0.25, -0.2) is 0 Å². The highest BCUT2D eigenvalue weighted by molar-refractivity contribution is 6.15. The number of allylic oxidation sites excluding steroid dienone is 1. The molecule has 0 radical (unpaired) electrons. The molecule has 0 bridgehead atoms. The monoisotopic (exact) mass is 462 g/mol. The highest BCUT2D eigenvalue weighted by Gasteiger charge is 2.30. The van der Waals surface area contributed by atoms with Crippen molar-refractivity contribution >= 4 is 11.9 Å². The number of ketones is 1. The van der Waals surface area contributed by atoms with Crippen LogP contribution in [0.5, 0.6) is 34.5 Å². The van der Waals surface area contributed by atoms with Crippen molar-refractivity contribution in [2.24, 2.45) is 0 Å². The molecule has 34 heavy (non-hydrogen) atoms. The molecule has 4 rings (SSSR count). The van der Waals surface area contributed by atoms with Crippen molar-refractivity contribution in [3.8, 4) is 34.5 Å². The Hall–Kier alpha value is -4.13. The summed E-state index contributed by atoms with van der Waals surface area (Å²) in [6, 6.07) is 14.6. The van der Waals surface area contributed by atoms with Crippen molar-refractivity contribution in [1.82, 2.24) is 0 Å². The Morgan fingerprint density at radius 1 is 0.824 bits per heavy atom. The van der Waals surface area contributed by atoms with Crippen molar-refractivity contribution in [1.29, 1.82) is 0 Å². The van der Waals surface area contributed by atoms with Gasteiger partial charge in [-0.2, -0.15) is 0 Å².